The van der Waals surface area contributed by atoms with Gasteiger partial charge in [-0.1, -0.05) is 11.6 Å². The third-order valence-corrected chi connectivity index (χ3v) is 3.51. The number of ether oxygens (including phenoxy) is 1. The molecule has 3 N–H and O–H groups in total. The maximum Gasteiger partial charge on any atom is 0.341 e. The minimum absolute atomic E-state index is 0.267. The van der Waals surface area contributed by atoms with Crippen molar-refractivity contribution in [2.24, 2.45) is 0 Å². The van der Waals surface area contributed by atoms with Crippen LogP contribution in [0.4, 0.5) is 17.2 Å². The van der Waals surface area contributed by atoms with E-state index < -0.39 is 5.97 Å². The maximum absolute atomic E-state index is 12.0. The fourth-order valence-corrected chi connectivity index (χ4v) is 2.18. The van der Waals surface area contributed by atoms with E-state index in [2.05, 4.69) is 26.2 Å². The van der Waals surface area contributed by atoms with Crippen LogP contribution < -0.4 is 11.1 Å². The topological polar surface area (TPSA) is 77.2 Å². The Hall–Kier alpha value is -1.79. The Kier molecular flexibility index (Phi) is 5.03. The molecule has 110 valence electrons. The van der Waals surface area contributed by atoms with Crippen molar-refractivity contribution in [3.63, 3.8) is 0 Å². The van der Waals surface area contributed by atoms with Gasteiger partial charge in [0.25, 0.3) is 0 Å². The standard InChI is InChI=1S/C14H13BrClN3O2/c1-2-21-14(20)10-6-9(17)7-18-13(10)19-12-5-8(16)3-4-11(12)15/h3-7H,2,17H2,1H3,(H,18,19). The lowest BCUT2D eigenvalue weighted by molar-refractivity contribution is 0.0527. The molecule has 1 aromatic heterocycles. The summed E-state index contributed by atoms with van der Waals surface area (Å²) in [5.74, 6) is -0.136. The molecule has 0 atom stereocenters. The second-order valence-corrected chi connectivity index (χ2v) is 5.43. The van der Waals surface area contributed by atoms with E-state index in [0.29, 0.717) is 22.2 Å². The van der Waals surface area contributed by atoms with Crippen molar-refractivity contribution in [2.45, 2.75) is 6.92 Å². The molecule has 0 aliphatic heterocycles. The van der Waals surface area contributed by atoms with Gasteiger partial charge in [-0.2, -0.15) is 0 Å². The highest BCUT2D eigenvalue weighted by Crippen LogP contribution is 2.30. The third kappa shape index (κ3) is 3.86. The Bertz CT molecular complexity index is 679. The number of anilines is 3. The van der Waals surface area contributed by atoms with E-state index in [0.717, 1.165) is 4.47 Å². The van der Waals surface area contributed by atoms with Gasteiger partial charge in [-0.05, 0) is 47.1 Å². The molecule has 0 radical (unpaired) electrons. The number of carbonyl (C=O) groups is 1. The van der Waals surface area contributed by atoms with Crippen LogP contribution in [0.3, 0.4) is 0 Å². The summed E-state index contributed by atoms with van der Waals surface area (Å²) in [7, 11) is 0. The summed E-state index contributed by atoms with van der Waals surface area (Å²) in [6.07, 6.45) is 1.46. The van der Waals surface area contributed by atoms with Crippen LogP contribution in [-0.2, 0) is 4.74 Å². The summed E-state index contributed by atoms with van der Waals surface area (Å²) in [6, 6.07) is 6.79. The summed E-state index contributed by atoms with van der Waals surface area (Å²) in [6.45, 7) is 2.01. The first kappa shape index (κ1) is 15.6. The Morgan fingerprint density at radius 1 is 1.48 bits per heavy atom. The highest BCUT2D eigenvalue weighted by molar-refractivity contribution is 9.10. The molecule has 2 aromatic rings. The molecule has 21 heavy (non-hydrogen) atoms. The van der Waals surface area contributed by atoms with E-state index in [1.165, 1.54) is 12.3 Å². The van der Waals surface area contributed by atoms with Crippen LogP contribution in [0.5, 0.6) is 0 Å². The smallest absolute Gasteiger partial charge is 0.341 e. The molecule has 0 saturated carbocycles. The fourth-order valence-electron chi connectivity index (χ4n) is 1.67. The van der Waals surface area contributed by atoms with Gasteiger partial charge >= 0.3 is 5.97 Å². The van der Waals surface area contributed by atoms with Gasteiger partial charge in [-0.15, -0.1) is 0 Å². The van der Waals surface area contributed by atoms with E-state index in [9.17, 15) is 4.79 Å². The van der Waals surface area contributed by atoms with Gasteiger partial charge in [0.2, 0.25) is 0 Å². The molecule has 1 heterocycles. The van der Waals surface area contributed by atoms with Gasteiger partial charge in [-0.3, -0.25) is 0 Å². The third-order valence-electron chi connectivity index (χ3n) is 2.59. The average molecular weight is 371 g/mol. The van der Waals surface area contributed by atoms with Crippen molar-refractivity contribution in [3.8, 4) is 0 Å². The number of rotatable bonds is 4. The normalized spacial score (nSPS) is 10.2. The lowest BCUT2D eigenvalue weighted by Gasteiger charge is -2.12. The van der Waals surface area contributed by atoms with Crippen LogP contribution >= 0.6 is 27.5 Å². The van der Waals surface area contributed by atoms with E-state index in [1.54, 1.807) is 25.1 Å². The summed E-state index contributed by atoms with van der Waals surface area (Å²) >= 11 is 9.37. The molecule has 0 bridgehead atoms. The molecule has 0 saturated heterocycles. The molecule has 0 aliphatic rings. The van der Waals surface area contributed by atoms with E-state index in [4.69, 9.17) is 22.1 Å². The first-order chi connectivity index (χ1) is 10.0. The van der Waals surface area contributed by atoms with Crippen LogP contribution in [0.15, 0.2) is 34.9 Å². The SMILES string of the molecule is CCOC(=O)c1cc(N)cnc1Nc1cc(Cl)ccc1Br. The monoisotopic (exact) mass is 369 g/mol. The number of nitrogens with one attached hydrogen (secondary N) is 1. The zero-order valence-electron chi connectivity index (χ0n) is 11.2. The summed E-state index contributed by atoms with van der Waals surface area (Å²) < 4.78 is 5.79. The number of nitrogen functional groups attached to an aromatic ring is 1. The van der Waals surface area contributed by atoms with Crippen LogP contribution in [0.2, 0.25) is 5.02 Å². The van der Waals surface area contributed by atoms with Crippen molar-refractivity contribution in [2.75, 3.05) is 17.7 Å². The maximum atomic E-state index is 12.0. The number of nitrogens with zero attached hydrogens (tertiary/aromatic N) is 1. The molecule has 2 rings (SSSR count). The Morgan fingerprint density at radius 3 is 2.95 bits per heavy atom. The summed E-state index contributed by atoms with van der Waals surface area (Å²) in [5.41, 5.74) is 7.02. The minimum Gasteiger partial charge on any atom is -0.462 e. The summed E-state index contributed by atoms with van der Waals surface area (Å²) in [5, 5.41) is 3.61. The molecule has 0 amide bonds. The molecule has 0 unspecified atom stereocenters. The largest absolute Gasteiger partial charge is 0.462 e. The number of carbonyl (C=O) groups excluding carboxylic acids is 1. The Labute approximate surface area is 135 Å². The van der Waals surface area contributed by atoms with E-state index >= 15 is 0 Å². The minimum atomic E-state index is -0.488. The first-order valence-electron chi connectivity index (χ1n) is 6.16. The molecular weight excluding hydrogens is 358 g/mol. The van der Waals surface area contributed by atoms with Gasteiger partial charge in [0.15, 0.2) is 0 Å². The molecule has 0 spiro atoms. The highest BCUT2D eigenvalue weighted by Gasteiger charge is 2.15. The zero-order valence-corrected chi connectivity index (χ0v) is 13.5. The van der Waals surface area contributed by atoms with Gasteiger partial charge < -0.3 is 15.8 Å². The Balaban J connectivity index is 2.39. The highest BCUT2D eigenvalue weighted by atomic mass is 79.9. The van der Waals surface area contributed by atoms with Gasteiger partial charge in [0.1, 0.15) is 11.4 Å². The van der Waals surface area contributed by atoms with Crippen LogP contribution in [0, 0.1) is 0 Å². The molecule has 7 heteroatoms. The predicted molar refractivity (Wildman–Crippen MR) is 87.0 cm³/mol. The van der Waals surface area contributed by atoms with E-state index in [-0.39, 0.29) is 12.2 Å². The van der Waals surface area contributed by atoms with Crippen LogP contribution in [0.1, 0.15) is 17.3 Å². The number of hydrogen-bond acceptors (Lipinski definition) is 5. The first-order valence-corrected chi connectivity index (χ1v) is 7.33. The summed E-state index contributed by atoms with van der Waals surface area (Å²) in [4.78, 5) is 16.1. The number of hydrogen-bond donors (Lipinski definition) is 2. The quantitative estimate of drug-likeness (QED) is 0.795. The number of halogens is 2. The number of aromatic nitrogens is 1. The lowest BCUT2D eigenvalue weighted by Crippen LogP contribution is -2.10. The number of pyridine rings is 1. The number of esters is 1. The molecule has 0 fully saturated rings. The number of benzene rings is 1. The van der Waals surface area contributed by atoms with Crippen molar-refractivity contribution in [1.29, 1.82) is 0 Å². The van der Waals surface area contributed by atoms with Crippen molar-refractivity contribution >= 4 is 50.7 Å². The fraction of sp³-hybridized carbons (Fsp3) is 0.143. The van der Waals surface area contributed by atoms with E-state index in [1.807, 2.05) is 0 Å². The second kappa shape index (κ2) is 6.78. The van der Waals surface area contributed by atoms with Gasteiger partial charge in [-0.25, -0.2) is 9.78 Å². The van der Waals surface area contributed by atoms with Crippen LogP contribution in [0.25, 0.3) is 0 Å². The van der Waals surface area contributed by atoms with Crippen molar-refractivity contribution in [3.05, 3.63) is 45.5 Å². The lowest BCUT2D eigenvalue weighted by atomic mass is 10.2. The molecular formula is C14H13BrClN3O2. The molecule has 1 aromatic carbocycles. The van der Waals surface area contributed by atoms with Crippen molar-refractivity contribution < 1.29 is 9.53 Å². The molecule has 0 aliphatic carbocycles. The zero-order chi connectivity index (χ0) is 15.4. The van der Waals surface area contributed by atoms with Gasteiger partial charge in [0.05, 0.1) is 24.2 Å². The molecule has 5 nitrogen and oxygen atoms in total. The second-order valence-electron chi connectivity index (χ2n) is 4.13. The van der Waals surface area contributed by atoms with Crippen molar-refractivity contribution in [1.82, 2.24) is 4.98 Å². The van der Waals surface area contributed by atoms with Gasteiger partial charge in [0, 0.05) is 9.50 Å². The predicted octanol–water partition coefficient (Wildman–Crippen LogP) is 4.00. The number of nitrogens with two attached hydrogens (primary N) is 1. The Morgan fingerprint density at radius 2 is 2.24 bits per heavy atom. The average Bonchev–Trinajstić information content (AvgIpc) is 2.45. The van der Waals surface area contributed by atoms with Crippen LogP contribution in [-0.4, -0.2) is 17.6 Å².